The number of likely N-dealkylation sites (tertiary alicyclic amines) is 1. The second kappa shape index (κ2) is 7.97. The molecule has 0 bridgehead atoms. The molecule has 2 aromatic carbocycles. The van der Waals surface area contributed by atoms with E-state index in [2.05, 4.69) is 0 Å². The predicted molar refractivity (Wildman–Crippen MR) is 109 cm³/mol. The van der Waals surface area contributed by atoms with Gasteiger partial charge in [0.1, 0.15) is 17.6 Å². The average Bonchev–Trinajstić information content (AvgIpc) is 3.35. The van der Waals surface area contributed by atoms with E-state index in [-0.39, 0.29) is 11.3 Å². The number of hydrogen-bond acceptors (Lipinski definition) is 4. The second-order valence-corrected chi connectivity index (χ2v) is 7.19. The van der Waals surface area contributed by atoms with Crippen LogP contribution < -0.4 is 0 Å². The number of benzene rings is 2. The molecule has 1 aromatic heterocycles. The maximum Gasteiger partial charge on any atom is 0.295 e. The molecule has 0 radical (unpaired) electrons. The van der Waals surface area contributed by atoms with Gasteiger partial charge in [0.2, 0.25) is 0 Å². The van der Waals surface area contributed by atoms with Crippen LogP contribution in [0.15, 0.2) is 83.0 Å². The van der Waals surface area contributed by atoms with Crippen LogP contribution in [0.3, 0.4) is 0 Å². The van der Waals surface area contributed by atoms with Crippen molar-refractivity contribution in [2.75, 3.05) is 6.54 Å². The molecule has 0 saturated carbocycles. The Kier molecular flexibility index (Phi) is 5.23. The minimum Gasteiger partial charge on any atom is -0.507 e. The molecule has 6 heteroatoms. The highest BCUT2D eigenvalue weighted by Crippen LogP contribution is 2.39. The maximum atomic E-state index is 12.8. The number of halogens is 1. The third-order valence-electron chi connectivity index (χ3n) is 4.95. The lowest BCUT2D eigenvalue weighted by atomic mass is 9.99. The number of aliphatic hydroxyl groups excluding tert-OH is 1. The van der Waals surface area contributed by atoms with Crippen molar-refractivity contribution in [2.24, 2.45) is 0 Å². The number of nitrogens with zero attached hydrogens (tertiary/aromatic N) is 1. The van der Waals surface area contributed by atoms with Crippen LogP contribution in [0.2, 0.25) is 5.02 Å². The van der Waals surface area contributed by atoms with E-state index in [1.54, 1.807) is 36.4 Å². The lowest BCUT2D eigenvalue weighted by molar-refractivity contribution is -0.140. The molecule has 1 unspecified atom stereocenters. The number of carbonyl (C=O) groups is 2. The first-order valence-corrected chi connectivity index (χ1v) is 9.55. The van der Waals surface area contributed by atoms with Crippen LogP contribution in [0.5, 0.6) is 0 Å². The van der Waals surface area contributed by atoms with Gasteiger partial charge in [-0.1, -0.05) is 41.9 Å². The number of aliphatic hydroxyl groups is 1. The number of carbonyl (C=O) groups excluding carboxylic acids is 2. The van der Waals surface area contributed by atoms with Crippen molar-refractivity contribution in [1.29, 1.82) is 0 Å². The number of rotatable bonds is 5. The van der Waals surface area contributed by atoms with E-state index in [1.807, 2.05) is 30.3 Å². The second-order valence-electron chi connectivity index (χ2n) is 6.75. The van der Waals surface area contributed by atoms with Crippen LogP contribution >= 0.6 is 11.6 Å². The highest BCUT2D eigenvalue weighted by atomic mass is 35.5. The highest BCUT2D eigenvalue weighted by molar-refractivity contribution is 6.46. The molecule has 3 aromatic rings. The Balaban J connectivity index is 1.74. The van der Waals surface area contributed by atoms with Gasteiger partial charge in [0.25, 0.3) is 11.7 Å². The zero-order valence-corrected chi connectivity index (χ0v) is 16.2. The van der Waals surface area contributed by atoms with Crippen molar-refractivity contribution in [1.82, 2.24) is 4.90 Å². The van der Waals surface area contributed by atoms with Crippen LogP contribution in [0, 0.1) is 0 Å². The third kappa shape index (κ3) is 3.69. The summed E-state index contributed by atoms with van der Waals surface area (Å²) in [7, 11) is 0. The molecule has 146 valence electrons. The van der Waals surface area contributed by atoms with E-state index in [9.17, 15) is 14.7 Å². The summed E-state index contributed by atoms with van der Waals surface area (Å²) in [6, 6.07) is 18.7. The fraction of sp³-hybridized carbons (Fsp3) is 0.130. The van der Waals surface area contributed by atoms with Crippen LogP contribution in [0.4, 0.5) is 0 Å². The molecule has 1 amide bonds. The summed E-state index contributed by atoms with van der Waals surface area (Å²) in [5, 5.41) is 11.4. The van der Waals surface area contributed by atoms with E-state index in [1.165, 1.54) is 11.2 Å². The molecule has 2 heterocycles. The minimum atomic E-state index is -0.788. The van der Waals surface area contributed by atoms with E-state index in [0.29, 0.717) is 29.3 Å². The molecule has 1 aliphatic rings. The molecule has 4 rings (SSSR count). The monoisotopic (exact) mass is 407 g/mol. The van der Waals surface area contributed by atoms with Gasteiger partial charge in [0.15, 0.2) is 0 Å². The standard InChI is InChI=1S/C23H18ClNO4/c24-17-10-8-16(9-11-17)21(26)19-20(18-7-4-14-29-18)25(23(28)22(19)27)13-12-15-5-2-1-3-6-15/h1-11,14,20,26H,12-13H2/b21-19+. The first-order valence-electron chi connectivity index (χ1n) is 9.18. The molecule has 1 saturated heterocycles. The number of amides is 1. The van der Waals surface area contributed by atoms with Crippen molar-refractivity contribution in [3.05, 3.63) is 100 Å². The SMILES string of the molecule is O=C1C(=O)N(CCc2ccccc2)C(c2ccco2)/C1=C(\O)c1ccc(Cl)cc1. The van der Waals surface area contributed by atoms with Crippen molar-refractivity contribution in [3.8, 4) is 0 Å². The van der Waals surface area contributed by atoms with Crippen molar-refractivity contribution in [3.63, 3.8) is 0 Å². The van der Waals surface area contributed by atoms with Gasteiger partial charge < -0.3 is 14.4 Å². The molecular formula is C23H18ClNO4. The van der Waals surface area contributed by atoms with E-state index in [0.717, 1.165) is 5.56 Å². The zero-order chi connectivity index (χ0) is 20.4. The molecule has 0 spiro atoms. The largest absolute Gasteiger partial charge is 0.507 e. The number of Topliss-reactive ketones (excluding diaryl/α,β-unsaturated/α-hetero) is 1. The summed E-state index contributed by atoms with van der Waals surface area (Å²) in [5.41, 5.74) is 1.47. The van der Waals surface area contributed by atoms with Crippen LogP contribution in [0.1, 0.15) is 22.9 Å². The fourth-order valence-corrected chi connectivity index (χ4v) is 3.64. The Hall–Kier alpha value is -3.31. The molecular weight excluding hydrogens is 390 g/mol. The molecule has 1 fully saturated rings. The van der Waals surface area contributed by atoms with Gasteiger partial charge in [-0.25, -0.2) is 0 Å². The summed E-state index contributed by atoms with van der Waals surface area (Å²) in [5.74, 6) is -1.21. The Labute approximate surface area is 172 Å². The number of hydrogen-bond donors (Lipinski definition) is 1. The fourth-order valence-electron chi connectivity index (χ4n) is 3.51. The molecule has 1 N–H and O–H groups in total. The van der Waals surface area contributed by atoms with Crippen molar-refractivity contribution in [2.45, 2.75) is 12.5 Å². The highest BCUT2D eigenvalue weighted by Gasteiger charge is 2.47. The lowest BCUT2D eigenvalue weighted by Crippen LogP contribution is -2.31. The van der Waals surface area contributed by atoms with Crippen LogP contribution in [-0.2, 0) is 16.0 Å². The van der Waals surface area contributed by atoms with Gasteiger partial charge >= 0.3 is 0 Å². The zero-order valence-electron chi connectivity index (χ0n) is 15.4. The third-order valence-corrected chi connectivity index (χ3v) is 5.21. The van der Waals surface area contributed by atoms with E-state index < -0.39 is 17.7 Å². The first-order chi connectivity index (χ1) is 14.1. The van der Waals surface area contributed by atoms with Crippen LogP contribution in [0.25, 0.3) is 5.76 Å². The van der Waals surface area contributed by atoms with Gasteiger partial charge in [-0.3, -0.25) is 9.59 Å². The Morgan fingerprint density at radius 3 is 2.38 bits per heavy atom. The summed E-state index contributed by atoms with van der Waals surface area (Å²) >= 11 is 5.92. The normalized spacial score (nSPS) is 18.4. The molecule has 5 nitrogen and oxygen atoms in total. The predicted octanol–water partition coefficient (Wildman–Crippen LogP) is 4.60. The Morgan fingerprint density at radius 1 is 1.00 bits per heavy atom. The quantitative estimate of drug-likeness (QED) is 0.381. The van der Waals surface area contributed by atoms with E-state index >= 15 is 0 Å². The summed E-state index contributed by atoms with van der Waals surface area (Å²) in [6.07, 6.45) is 2.06. The van der Waals surface area contributed by atoms with Gasteiger partial charge in [-0.15, -0.1) is 0 Å². The summed E-state index contributed by atoms with van der Waals surface area (Å²) in [4.78, 5) is 27.1. The summed E-state index contributed by atoms with van der Waals surface area (Å²) < 4.78 is 5.52. The molecule has 29 heavy (non-hydrogen) atoms. The van der Waals surface area contributed by atoms with Crippen molar-refractivity contribution < 1.29 is 19.1 Å². The molecule has 1 aliphatic heterocycles. The number of furan rings is 1. The first kappa shape index (κ1) is 19.0. The topological polar surface area (TPSA) is 70.8 Å². The van der Waals surface area contributed by atoms with Gasteiger partial charge in [0.05, 0.1) is 11.8 Å². The van der Waals surface area contributed by atoms with Gasteiger partial charge in [-0.05, 0) is 48.4 Å². The van der Waals surface area contributed by atoms with Gasteiger partial charge in [0, 0.05) is 17.1 Å². The maximum absolute atomic E-state index is 12.8. The van der Waals surface area contributed by atoms with E-state index in [4.69, 9.17) is 16.0 Å². The number of ketones is 1. The smallest absolute Gasteiger partial charge is 0.295 e. The van der Waals surface area contributed by atoms with Gasteiger partial charge in [-0.2, -0.15) is 0 Å². The van der Waals surface area contributed by atoms with Crippen molar-refractivity contribution >= 4 is 29.1 Å². The van der Waals surface area contributed by atoms with Crippen LogP contribution in [-0.4, -0.2) is 28.2 Å². The molecule has 1 atom stereocenters. The Bertz CT molecular complexity index is 1060. The average molecular weight is 408 g/mol. The Morgan fingerprint density at radius 2 is 1.72 bits per heavy atom. The summed E-state index contributed by atoms with van der Waals surface area (Å²) in [6.45, 7) is 0.317. The lowest BCUT2D eigenvalue weighted by Gasteiger charge is -2.23. The minimum absolute atomic E-state index is 0.0142. The molecule has 0 aliphatic carbocycles.